The van der Waals surface area contributed by atoms with Crippen LogP contribution in [0.1, 0.15) is 91.4 Å². The number of aromatic amines is 1. The highest BCUT2D eigenvalue weighted by Gasteiger charge is 2.31. The van der Waals surface area contributed by atoms with E-state index in [4.69, 9.17) is 14.2 Å². The molecule has 0 aliphatic carbocycles. The molecule has 0 spiro atoms. The van der Waals surface area contributed by atoms with Gasteiger partial charge in [-0.15, -0.1) is 0 Å². The summed E-state index contributed by atoms with van der Waals surface area (Å²) in [7, 11) is 1.57. The van der Waals surface area contributed by atoms with Crippen LogP contribution in [0, 0.1) is 6.92 Å². The molecule has 4 aromatic heterocycles. The summed E-state index contributed by atoms with van der Waals surface area (Å²) in [6.07, 6.45) is 3.40. The number of imide groups is 1. The zero-order valence-corrected chi connectivity index (χ0v) is 34.8. The zero-order chi connectivity index (χ0) is 42.1. The van der Waals surface area contributed by atoms with Crippen molar-refractivity contribution in [3.8, 4) is 28.3 Å². The number of nitrogens with zero attached hydrogens (tertiary/aromatic N) is 7. The second kappa shape index (κ2) is 16.6. The van der Waals surface area contributed by atoms with E-state index in [9.17, 15) is 14.4 Å². The van der Waals surface area contributed by atoms with E-state index >= 15 is 0 Å². The Kier molecular flexibility index (Phi) is 11.2. The van der Waals surface area contributed by atoms with Crippen molar-refractivity contribution in [2.24, 2.45) is 0 Å². The Morgan fingerprint density at radius 1 is 0.983 bits per heavy atom. The SMILES string of the molecule is COc1nc(CCN2CCN(c3ccc(-c4cnc5n[nH]c(-c6ccc([C@@H](C)NC(=O)c7nc(C(C)(C)C)no7)c(C)c6)c5c4)cc3)CC2)ccc1C1CCC(=O)NC1=O. The van der Waals surface area contributed by atoms with E-state index in [1.54, 1.807) is 7.11 Å². The van der Waals surface area contributed by atoms with Crippen molar-refractivity contribution in [3.05, 3.63) is 101 Å². The van der Waals surface area contributed by atoms with E-state index in [1.165, 1.54) is 5.69 Å². The third-order valence-electron chi connectivity index (χ3n) is 11.5. The van der Waals surface area contributed by atoms with Gasteiger partial charge in [0.15, 0.2) is 11.5 Å². The Hall–Kier alpha value is -6.48. The number of aromatic nitrogens is 6. The lowest BCUT2D eigenvalue weighted by Crippen LogP contribution is -2.47. The van der Waals surface area contributed by atoms with Gasteiger partial charge >= 0.3 is 11.8 Å². The van der Waals surface area contributed by atoms with Gasteiger partial charge in [0, 0.05) is 90.6 Å². The zero-order valence-electron chi connectivity index (χ0n) is 34.8. The van der Waals surface area contributed by atoms with Gasteiger partial charge in [-0.2, -0.15) is 10.1 Å². The van der Waals surface area contributed by atoms with E-state index in [0.717, 1.165) is 89.3 Å². The number of nitrogens with one attached hydrogen (secondary N) is 3. The second-order valence-electron chi connectivity index (χ2n) is 16.7. The number of hydrogen-bond donors (Lipinski definition) is 3. The predicted octanol–water partition coefficient (Wildman–Crippen LogP) is 6.06. The molecule has 2 saturated heterocycles. The highest BCUT2D eigenvalue weighted by Crippen LogP contribution is 2.33. The summed E-state index contributed by atoms with van der Waals surface area (Å²) >= 11 is 0. The number of aryl methyl sites for hydroxylation is 1. The van der Waals surface area contributed by atoms with Crippen LogP contribution in [0.3, 0.4) is 0 Å². The van der Waals surface area contributed by atoms with Crippen LogP contribution in [-0.4, -0.2) is 92.8 Å². The first-order valence-corrected chi connectivity index (χ1v) is 20.4. The molecule has 6 aromatic rings. The normalized spacial score (nSPS) is 16.8. The van der Waals surface area contributed by atoms with Crippen molar-refractivity contribution in [3.63, 3.8) is 0 Å². The summed E-state index contributed by atoms with van der Waals surface area (Å²) in [5.41, 5.74) is 9.02. The van der Waals surface area contributed by atoms with Crippen LogP contribution >= 0.6 is 0 Å². The molecule has 60 heavy (non-hydrogen) atoms. The van der Waals surface area contributed by atoms with Crippen LogP contribution < -0.4 is 20.3 Å². The number of ether oxygens (including phenoxy) is 1. The molecular weight excluding hydrogens is 761 g/mol. The number of anilines is 1. The van der Waals surface area contributed by atoms with Crippen LogP contribution in [0.4, 0.5) is 5.69 Å². The molecule has 2 aromatic carbocycles. The summed E-state index contributed by atoms with van der Waals surface area (Å²) in [6.45, 7) is 14.4. The highest BCUT2D eigenvalue weighted by atomic mass is 16.5. The van der Waals surface area contributed by atoms with Gasteiger partial charge in [0.25, 0.3) is 0 Å². The van der Waals surface area contributed by atoms with Crippen LogP contribution in [0.2, 0.25) is 0 Å². The topological polar surface area (TPSA) is 184 Å². The molecule has 3 N–H and O–H groups in total. The summed E-state index contributed by atoms with van der Waals surface area (Å²) in [6, 6.07) is 20.5. The van der Waals surface area contributed by atoms with Crippen molar-refractivity contribution in [1.82, 2.24) is 45.8 Å². The van der Waals surface area contributed by atoms with Crippen LogP contribution in [0.15, 0.2) is 71.4 Å². The van der Waals surface area contributed by atoms with E-state index in [1.807, 2.05) is 65.1 Å². The quantitative estimate of drug-likeness (QED) is 0.129. The van der Waals surface area contributed by atoms with Crippen molar-refractivity contribution in [2.45, 2.75) is 71.3 Å². The van der Waals surface area contributed by atoms with Gasteiger partial charge in [0.05, 0.1) is 24.8 Å². The molecule has 1 unspecified atom stereocenters. The summed E-state index contributed by atoms with van der Waals surface area (Å²) in [4.78, 5) is 55.5. The first-order valence-electron chi connectivity index (χ1n) is 20.4. The lowest BCUT2D eigenvalue weighted by atomic mass is 9.91. The first-order chi connectivity index (χ1) is 28.8. The molecule has 0 radical (unpaired) electrons. The van der Waals surface area contributed by atoms with E-state index < -0.39 is 11.8 Å². The lowest BCUT2D eigenvalue weighted by Gasteiger charge is -2.36. The number of hydrogen-bond acceptors (Lipinski definition) is 12. The van der Waals surface area contributed by atoms with E-state index in [-0.39, 0.29) is 29.2 Å². The van der Waals surface area contributed by atoms with E-state index in [0.29, 0.717) is 30.2 Å². The van der Waals surface area contributed by atoms with Gasteiger partial charge in [-0.1, -0.05) is 56.3 Å². The Balaban J connectivity index is 0.872. The van der Waals surface area contributed by atoms with Crippen LogP contribution in [0.5, 0.6) is 5.88 Å². The van der Waals surface area contributed by atoms with Crippen molar-refractivity contribution >= 4 is 34.4 Å². The standard InChI is InChI=1S/C45H50N10O5/c1-26-23-29(9-13-33(26)27(2)47-41(58)43-50-44(53-60-43)45(3,4)5)38-36-24-30(25-46-39(36)52-51-38)28-7-11-32(12-8-28)55-21-19-54(20-22-55)18-17-31-10-14-35(42(48-31)59-6)34-15-16-37(56)49-40(34)57/h7-14,23-25,27,34H,15-22H2,1-6H3,(H,47,58)(H,46,51,52)(H,49,56,57)/t27-,34?/m1/s1. The van der Waals surface area contributed by atoms with Crippen LogP contribution in [0.25, 0.3) is 33.4 Å². The molecule has 15 heteroatoms. The molecule has 310 valence electrons. The third-order valence-corrected chi connectivity index (χ3v) is 11.5. The number of fused-ring (bicyclic) bond motifs is 1. The Labute approximate surface area is 348 Å². The number of piperidine rings is 1. The fourth-order valence-electron chi connectivity index (χ4n) is 7.97. The van der Waals surface area contributed by atoms with Crippen molar-refractivity contribution < 1.29 is 23.6 Å². The van der Waals surface area contributed by atoms with E-state index in [2.05, 4.69) is 82.2 Å². The molecule has 3 amide bonds. The number of amides is 3. The smallest absolute Gasteiger partial charge is 0.315 e. The maximum absolute atomic E-state index is 12.9. The van der Waals surface area contributed by atoms with Gasteiger partial charge in [0.1, 0.15) is 0 Å². The van der Waals surface area contributed by atoms with Gasteiger partial charge in [-0.3, -0.25) is 29.7 Å². The fourth-order valence-corrected chi connectivity index (χ4v) is 7.97. The minimum atomic E-state index is -0.432. The number of benzene rings is 2. The minimum Gasteiger partial charge on any atom is -0.481 e. The number of carbonyl (C=O) groups is 3. The molecule has 2 atom stereocenters. The largest absolute Gasteiger partial charge is 0.481 e. The van der Waals surface area contributed by atoms with Crippen molar-refractivity contribution in [2.75, 3.05) is 44.7 Å². The Bertz CT molecular complexity index is 2550. The molecule has 2 fully saturated rings. The summed E-state index contributed by atoms with van der Waals surface area (Å²) in [5.74, 6) is -0.497. The fraction of sp³-hybridized carbons (Fsp3) is 0.378. The molecule has 0 bridgehead atoms. The highest BCUT2D eigenvalue weighted by molar-refractivity contribution is 6.01. The summed E-state index contributed by atoms with van der Waals surface area (Å²) < 4.78 is 10.8. The maximum Gasteiger partial charge on any atom is 0.315 e. The molecule has 8 rings (SSSR count). The maximum atomic E-state index is 12.9. The third kappa shape index (κ3) is 8.48. The minimum absolute atomic E-state index is 0.0521. The average Bonchev–Trinajstić information content (AvgIpc) is 3.92. The summed E-state index contributed by atoms with van der Waals surface area (Å²) in [5, 5.41) is 18.0. The van der Waals surface area contributed by atoms with Gasteiger partial charge in [-0.25, -0.2) is 9.97 Å². The molecule has 2 aliphatic rings. The van der Waals surface area contributed by atoms with Gasteiger partial charge in [0.2, 0.25) is 17.7 Å². The van der Waals surface area contributed by atoms with Crippen LogP contribution in [-0.2, 0) is 21.4 Å². The number of rotatable bonds is 11. The Morgan fingerprint density at radius 2 is 1.75 bits per heavy atom. The van der Waals surface area contributed by atoms with Gasteiger partial charge in [-0.05, 0) is 67.3 Å². The number of carbonyl (C=O) groups excluding carboxylic acids is 3. The number of pyridine rings is 2. The molecular formula is C45H50N10O5. The monoisotopic (exact) mass is 810 g/mol. The molecule has 2 aliphatic heterocycles. The molecule has 15 nitrogen and oxygen atoms in total. The van der Waals surface area contributed by atoms with Crippen molar-refractivity contribution in [1.29, 1.82) is 0 Å². The molecule has 6 heterocycles. The average molecular weight is 811 g/mol. The second-order valence-corrected chi connectivity index (χ2v) is 16.7. The first kappa shape index (κ1) is 40.3. The predicted molar refractivity (Wildman–Crippen MR) is 227 cm³/mol. The molecule has 0 saturated carbocycles. The lowest BCUT2D eigenvalue weighted by molar-refractivity contribution is -0.134. The number of H-pyrrole nitrogens is 1. The van der Waals surface area contributed by atoms with Gasteiger partial charge < -0.3 is 19.5 Å². The Morgan fingerprint density at radius 3 is 2.45 bits per heavy atom. The number of piperazine rings is 1. The number of methoxy groups -OCH3 is 1.